The van der Waals surface area contributed by atoms with Crippen LogP contribution in [-0.2, 0) is 14.3 Å². The van der Waals surface area contributed by atoms with E-state index in [4.69, 9.17) is 13.9 Å². The number of piperidine rings is 1. The summed E-state index contributed by atoms with van der Waals surface area (Å²) < 4.78 is 16.6. The van der Waals surface area contributed by atoms with Crippen LogP contribution in [-0.4, -0.2) is 43.6 Å². The number of benzene rings is 2. The fourth-order valence-electron chi connectivity index (χ4n) is 4.44. The Labute approximate surface area is 200 Å². The van der Waals surface area contributed by atoms with Gasteiger partial charge < -0.3 is 18.8 Å². The minimum Gasteiger partial charge on any atom is -0.496 e. The van der Waals surface area contributed by atoms with E-state index in [-0.39, 0.29) is 17.8 Å². The zero-order chi connectivity index (χ0) is 24.2. The van der Waals surface area contributed by atoms with E-state index >= 15 is 0 Å². The monoisotopic (exact) mass is 461 g/mol. The summed E-state index contributed by atoms with van der Waals surface area (Å²) in [5.74, 6) is 0.300. The second kappa shape index (κ2) is 10.2. The van der Waals surface area contributed by atoms with Crippen LogP contribution in [0.4, 0.5) is 0 Å². The molecule has 0 N–H and O–H groups in total. The summed E-state index contributed by atoms with van der Waals surface area (Å²) in [6.45, 7) is 7.25. The fourth-order valence-corrected chi connectivity index (χ4v) is 4.44. The van der Waals surface area contributed by atoms with Crippen molar-refractivity contribution < 1.29 is 23.5 Å². The van der Waals surface area contributed by atoms with Gasteiger partial charge in [-0.05, 0) is 50.8 Å². The van der Waals surface area contributed by atoms with Crippen LogP contribution in [0.15, 0.2) is 53.2 Å². The SMILES string of the molecule is CCOC(=O)C1CCN(C(=O)/C=C(\C)c2cc3c(-c4ccc(C)cc4)coc3cc2OC)CC1. The molecule has 1 aliphatic rings. The standard InChI is InChI=1S/C28H31NO5/c1-5-33-28(31)21-10-12-29(13-11-21)27(30)14-19(3)22-15-23-24(20-8-6-18(2)7-9-20)17-34-26(23)16-25(22)32-4/h6-9,14-17,21H,5,10-13H2,1-4H3/b19-14+. The van der Waals surface area contributed by atoms with E-state index in [1.54, 1.807) is 24.3 Å². The number of carbonyl (C=O) groups is 2. The number of hydrogen-bond acceptors (Lipinski definition) is 5. The van der Waals surface area contributed by atoms with Crippen LogP contribution in [0.5, 0.6) is 5.75 Å². The quantitative estimate of drug-likeness (QED) is 0.352. The van der Waals surface area contributed by atoms with Gasteiger partial charge >= 0.3 is 5.97 Å². The molecular formula is C28H31NO5. The van der Waals surface area contributed by atoms with Crippen LogP contribution >= 0.6 is 0 Å². The third-order valence-corrected chi connectivity index (χ3v) is 6.45. The number of amides is 1. The van der Waals surface area contributed by atoms with E-state index in [1.807, 2.05) is 26.0 Å². The number of furan rings is 1. The first-order valence-electron chi connectivity index (χ1n) is 11.7. The van der Waals surface area contributed by atoms with Gasteiger partial charge in [0.1, 0.15) is 11.3 Å². The van der Waals surface area contributed by atoms with Crippen molar-refractivity contribution >= 4 is 28.4 Å². The Bertz CT molecular complexity index is 1210. The van der Waals surface area contributed by atoms with Crippen molar-refractivity contribution in [1.82, 2.24) is 4.90 Å². The lowest BCUT2D eigenvalue weighted by atomic mass is 9.96. The largest absolute Gasteiger partial charge is 0.496 e. The van der Waals surface area contributed by atoms with Gasteiger partial charge in [-0.15, -0.1) is 0 Å². The van der Waals surface area contributed by atoms with E-state index in [0.29, 0.717) is 38.3 Å². The number of aryl methyl sites for hydroxylation is 1. The molecule has 3 aromatic rings. The third-order valence-electron chi connectivity index (χ3n) is 6.45. The molecule has 34 heavy (non-hydrogen) atoms. The molecule has 0 radical (unpaired) electrons. The van der Waals surface area contributed by atoms with Gasteiger partial charge in [-0.25, -0.2) is 0 Å². The van der Waals surface area contributed by atoms with Gasteiger partial charge in [0.15, 0.2) is 0 Å². The van der Waals surface area contributed by atoms with Crippen LogP contribution in [0.3, 0.4) is 0 Å². The van der Waals surface area contributed by atoms with Crippen molar-refractivity contribution in [3.63, 3.8) is 0 Å². The van der Waals surface area contributed by atoms with E-state index in [0.717, 1.165) is 33.2 Å². The molecule has 6 nitrogen and oxygen atoms in total. The van der Waals surface area contributed by atoms with Crippen molar-refractivity contribution in [1.29, 1.82) is 0 Å². The number of likely N-dealkylation sites (tertiary alicyclic amines) is 1. The molecule has 2 heterocycles. The lowest BCUT2D eigenvalue weighted by molar-refractivity contribution is -0.150. The summed E-state index contributed by atoms with van der Waals surface area (Å²) in [4.78, 5) is 26.8. The predicted octanol–water partition coefficient (Wildman–Crippen LogP) is 5.62. The third kappa shape index (κ3) is 4.86. The molecule has 4 rings (SSSR count). The molecule has 178 valence electrons. The Kier molecular flexibility index (Phi) is 7.06. The number of allylic oxidation sites excluding steroid dienone is 1. The lowest BCUT2D eigenvalue weighted by Gasteiger charge is -2.30. The Morgan fingerprint density at radius 1 is 1.15 bits per heavy atom. The molecule has 1 aliphatic heterocycles. The molecule has 0 aliphatic carbocycles. The Hall–Kier alpha value is -3.54. The first-order valence-corrected chi connectivity index (χ1v) is 11.7. The average molecular weight is 462 g/mol. The Morgan fingerprint density at radius 3 is 2.50 bits per heavy atom. The number of nitrogens with zero attached hydrogens (tertiary/aromatic N) is 1. The van der Waals surface area contributed by atoms with Gasteiger partial charge in [0, 0.05) is 41.7 Å². The van der Waals surface area contributed by atoms with Gasteiger partial charge in [-0.3, -0.25) is 9.59 Å². The van der Waals surface area contributed by atoms with Crippen molar-refractivity contribution in [3.8, 4) is 16.9 Å². The molecular weight excluding hydrogens is 430 g/mol. The maximum atomic E-state index is 13.0. The highest BCUT2D eigenvalue weighted by Gasteiger charge is 2.27. The van der Waals surface area contributed by atoms with Crippen LogP contribution in [0.2, 0.25) is 0 Å². The van der Waals surface area contributed by atoms with E-state index in [2.05, 4.69) is 31.2 Å². The van der Waals surface area contributed by atoms with Crippen molar-refractivity contribution in [2.75, 3.05) is 26.8 Å². The summed E-state index contributed by atoms with van der Waals surface area (Å²) in [5.41, 5.74) is 5.66. The molecule has 6 heteroatoms. The van der Waals surface area contributed by atoms with Crippen molar-refractivity contribution in [2.45, 2.75) is 33.6 Å². The summed E-state index contributed by atoms with van der Waals surface area (Å²) in [6.07, 6.45) is 4.67. The normalized spacial score (nSPS) is 14.9. The second-order valence-corrected chi connectivity index (χ2v) is 8.74. The molecule has 0 bridgehead atoms. The van der Waals surface area contributed by atoms with Crippen molar-refractivity contribution in [3.05, 3.63) is 59.9 Å². The predicted molar refractivity (Wildman–Crippen MR) is 133 cm³/mol. The van der Waals surface area contributed by atoms with Crippen LogP contribution in [0.25, 0.3) is 27.7 Å². The van der Waals surface area contributed by atoms with E-state index in [9.17, 15) is 9.59 Å². The Balaban J connectivity index is 1.58. The fraction of sp³-hybridized carbons (Fsp3) is 0.357. The smallest absolute Gasteiger partial charge is 0.309 e. The van der Waals surface area contributed by atoms with Gasteiger partial charge in [0.25, 0.3) is 0 Å². The maximum absolute atomic E-state index is 13.0. The topological polar surface area (TPSA) is 69.0 Å². The number of hydrogen-bond donors (Lipinski definition) is 0. The minimum atomic E-state index is -0.163. The molecule has 1 amide bonds. The average Bonchev–Trinajstić information content (AvgIpc) is 3.26. The number of rotatable bonds is 6. The van der Waals surface area contributed by atoms with E-state index in [1.165, 1.54) is 5.56 Å². The van der Waals surface area contributed by atoms with Gasteiger partial charge in [-0.2, -0.15) is 0 Å². The number of esters is 1. The molecule has 0 atom stereocenters. The number of carbonyl (C=O) groups excluding carboxylic acids is 2. The first-order chi connectivity index (χ1) is 16.4. The molecule has 0 spiro atoms. The van der Waals surface area contributed by atoms with E-state index < -0.39 is 0 Å². The number of fused-ring (bicyclic) bond motifs is 1. The second-order valence-electron chi connectivity index (χ2n) is 8.74. The first kappa shape index (κ1) is 23.6. The lowest BCUT2D eigenvalue weighted by Crippen LogP contribution is -2.40. The molecule has 2 aromatic carbocycles. The van der Waals surface area contributed by atoms with Crippen LogP contribution in [0.1, 0.15) is 37.8 Å². The summed E-state index contributed by atoms with van der Waals surface area (Å²) in [6, 6.07) is 12.2. The number of ether oxygens (including phenoxy) is 2. The zero-order valence-electron chi connectivity index (χ0n) is 20.2. The summed E-state index contributed by atoms with van der Waals surface area (Å²) >= 11 is 0. The molecule has 1 aromatic heterocycles. The summed E-state index contributed by atoms with van der Waals surface area (Å²) in [7, 11) is 1.61. The molecule has 0 unspecified atom stereocenters. The maximum Gasteiger partial charge on any atom is 0.309 e. The highest BCUT2D eigenvalue weighted by Crippen LogP contribution is 2.37. The van der Waals surface area contributed by atoms with Gasteiger partial charge in [0.2, 0.25) is 5.91 Å². The van der Waals surface area contributed by atoms with Crippen LogP contribution in [0, 0.1) is 12.8 Å². The minimum absolute atomic E-state index is 0.0621. The highest BCUT2D eigenvalue weighted by molar-refractivity contribution is 6.00. The summed E-state index contributed by atoms with van der Waals surface area (Å²) in [5, 5.41) is 0.968. The highest BCUT2D eigenvalue weighted by atomic mass is 16.5. The molecule has 0 saturated carbocycles. The molecule has 1 fully saturated rings. The van der Waals surface area contributed by atoms with Gasteiger partial charge in [0.05, 0.1) is 25.9 Å². The van der Waals surface area contributed by atoms with Gasteiger partial charge in [-0.1, -0.05) is 29.8 Å². The zero-order valence-corrected chi connectivity index (χ0v) is 20.2. The molecule has 1 saturated heterocycles. The van der Waals surface area contributed by atoms with Crippen molar-refractivity contribution in [2.24, 2.45) is 5.92 Å². The van der Waals surface area contributed by atoms with Crippen LogP contribution < -0.4 is 4.74 Å². The number of methoxy groups -OCH3 is 1. The Morgan fingerprint density at radius 2 is 1.85 bits per heavy atom.